The standard InChI is InChI=1S/C14H17NO4/c1-3-10(2)12(13(16)17)15-14(18)19-9-11-7-5-4-6-8-11/h4-8H,3,9H2,1-2H3,(H,15,18)(H,16,17). The van der Waals surface area contributed by atoms with Crippen LogP contribution in [0.4, 0.5) is 4.79 Å². The number of nitrogens with one attached hydrogen (secondary N) is 1. The largest absolute Gasteiger partial charge is 0.477 e. The third kappa shape index (κ3) is 4.83. The Morgan fingerprint density at radius 2 is 1.89 bits per heavy atom. The number of carbonyl (C=O) groups is 2. The Morgan fingerprint density at radius 1 is 1.26 bits per heavy atom. The lowest BCUT2D eigenvalue weighted by molar-refractivity contribution is -0.133. The van der Waals surface area contributed by atoms with E-state index < -0.39 is 12.1 Å². The highest BCUT2D eigenvalue weighted by Gasteiger charge is 2.14. The minimum Gasteiger partial charge on any atom is -0.477 e. The van der Waals surface area contributed by atoms with Gasteiger partial charge >= 0.3 is 12.1 Å². The van der Waals surface area contributed by atoms with E-state index in [-0.39, 0.29) is 12.3 Å². The molecule has 1 amide bonds. The summed E-state index contributed by atoms with van der Waals surface area (Å²) in [6, 6.07) is 9.16. The van der Waals surface area contributed by atoms with Crippen LogP contribution in [0.3, 0.4) is 0 Å². The third-order valence-corrected chi connectivity index (χ3v) is 2.61. The highest BCUT2D eigenvalue weighted by Crippen LogP contribution is 2.06. The number of ether oxygens (including phenoxy) is 1. The Labute approximate surface area is 111 Å². The first-order chi connectivity index (χ1) is 9.04. The van der Waals surface area contributed by atoms with Gasteiger partial charge in [-0.1, -0.05) is 37.3 Å². The van der Waals surface area contributed by atoms with Crippen molar-refractivity contribution in [2.45, 2.75) is 26.9 Å². The molecule has 2 N–H and O–H groups in total. The topological polar surface area (TPSA) is 75.6 Å². The normalized spacial score (nSPS) is 11.5. The molecular formula is C14H17NO4. The fourth-order valence-electron chi connectivity index (χ4n) is 1.38. The van der Waals surface area contributed by atoms with Crippen molar-refractivity contribution in [1.29, 1.82) is 0 Å². The van der Waals surface area contributed by atoms with E-state index in [4.69, 9.17) is 9.84 Å². The van der Waals surface area contributed by atoms with Gasteiger partial charge in [-0.3, -0.25) is 5.32 Å². The summed E-state index contributed by atoms with van der Waals surface area (Å²) >= 11 is 0. The molecule has 0 aromatic heterocycles. The second kappa shape index (κ2) is 7.20. The number of amides is 1. The Kier molecular flexibility index (Phi) is 5.60. The molecule has 0 unspecified atom stereocenters. The number of allylic oxidation sites excluding steroid dienone is 1. The van der Waals surface area contributed by atoms with E-state index in [9.17, 15) is 9.59 Å². The zero-order valence-electron chi connectivity index (χ0n) is 11.0. The smallest absolute Gasteiger partial charge is 0.412 e. The second-order valence-corrected chi connectivity index (χ2v) is 4.00. The molecule has 0 atom stereocenters. The fraction of sp³-hybridized carbons (Fsp3) is 0.286. The minimum absolute atomic E-state index is 0.102. The molecule has 0 aliphatic rings. The summed E-state index contributed by atoms with van der Waals surface area (Å²) in [5, 5.41) is 11.2. The molecule has 0 aliphatic carbocycles. The highest BCUT2D eigenvalue weighted by molar-refractivity contribution is 5.91. The van der Waals surface area contributed by atoms with Crippen molar-refractivity contribution in [2.24, 2.45) is 0 Å². The second-order valence-electron chi connectivity index (χ2n) is 4.00. The van der Waals surface area contributed by atoms with Crippen molar-refractivity contribution < 1.29 is 19.4 Å². The molecule has 0 heterocycles. The van der Waals surface area contributed by atoms with Crippen molar-refractivity contribution in [3.8, 4) is 0 Å². The quantitative estimate of drug-likeness (QED) is 0.801. The van der Waals surface area contributed by atoms with Gasteiger partial charge in [0.2, 0.25) is 0 Å². The Balaban J connectivity index is 2.57. The molecular weight excluding hydrogens is 246 g/mol. The van der Waals surface area contributed by atoms with Crippen molar-refractivity contribution in [3.63, 3.8) is 0 Å². The van der Waals surface area contributed by atoms with Gasteiger partial charge in [0.1, 0.15) is 12.3 Å². The summed E-state index contributed by atoms with van der Waals surface area (Å²) in [6.07, 6.45) is -0.227. The average Bonchev–Trinajstić information content (AvgIpc) is 2.42. The van der Waals surface area contributed by atoms with Gasteiger partial charge in [-0.2, -0.15) is 0 Å². The number of aliphatic carboxylic acids is 1. The lowest BCUT2D eigenvalue weighted by Crippen LogP contribution is -2.29. The van der Waals surface area contributed by atoms with E-state index in [0.29, 0.717) is 12.0 Å². The van der Waals surface area contributed by atoms with Gasteiger partial charge in [0.05, 0.1) is 0 Å². The van der Waals surface area contributed by atoms with Crippen LogP contribution in [0, 0.1) is 0 Å². The van der Waals surface area contributed by atoms with Crippen LogP contribution in [0.15, 0.2) is 41.6 Å². The first-order valence-corrected chi connectivity index (χ1v) is 5.95. The number of carbonyl (C=O) groups excluding carboxylic acids is 1. The van der Waals surface area contributed by atoms with Crippen molar-refractivity contribution in [2.75, 3.05) is 0 Å². The summed E-state index contributed by atoms with van der Waals surface area (Å²) in [7, 11) is 0. The molecule has 0 saturated heterocycles. The molecule has 0 bridgehead atoms. The third-order valence-electron chi connectivity index (χ3n) is 2.61. The average molecular weight is 263 g/mol. The molecule has 0 radical (unpaired) electrons. The maximum absolute atomic E-state index is 11.5. The maximum Gasteiger partial charge on any atom is 0.412 e. The molecule has 0 saturated carbocycles. The van der Waals surface area contributed by atoms with Crippen molar-refractivity contribution in [1.82, 2.24) is 5.32 Å². The summed E-state index contributed by atoms with van der Waals surface area (Å²) < 4.78 is 4.96. The zero-order valence-corrected chi connectivity index (χ0v) is 11.0. The van der Waals surface area contributed by atoms with E-state index in [1.807, 2.05) is 37.3 Å². The number of hydrogen-bond acceptors (Lipinski definition) is 3. The van der Waals surface area contributed by atoms with Crippen molar-refractivity contribution >= 4 is 12.1 Å². The van der Waals surface area contributed by atoms with Gasteiger partial charge in [0.25, 0.3) is 0 Å². The number of benzene rings is 1. The van der Waals surface area contributed by atoms with E-state index >= 15 is 0 Å². The number of carboxylic acid groups (broad SMARTS) is 1. The molecule has 1 aromatic carbocycles. The lowest BCUT2D eigenvalue weighted by atomic mass is 10.2. The van der Waals surface area contributed by atoms with Gasteiger partial charge in [-0.05, 0) is 24.5 Å². The van der Waals surface area contributed by atoms with Crippen LogP contribution in [-0.4, -0.2) is 17.2 Å². The Morgan fingerprint density at radius 3 is 2.42 bits per heavy atom. The first-order valence-electron chi connectivity index (χ1n) is 5.95. The summed E-state index contributed by atoms with van der Waals surface area (Å²) in [5.74, 6) is -1.17. The maximum atomic E-state index is 11.5. The SMILES string of the molecule is CCC(C)=C(NC(=O)OCc1ccccc1)C(=O)O. The molecule has 0 fully saturated rings. The van der Waals surface area contributed by atoms with Crippen LogP contribution in [0.1, 0.15) is 25.8 Å². The summed E-state index contributed by atoms with van der Waals surface area (Å²) in [4.78, 5) is 22.5. The minimum atomic E-state index is -1.17. The van der Waals surface area contributed by atoms with Gasteiger partial charge in [-0.15, -0.1) is 0 Å². The molecule has 0 spiro atoms. The van der Waals surface area contributed by atoms with Gasteiger partial charge in [0, 0.05) is 0 Å². The molecule has 19 heavy (non-hydrogen) atoms. The molecule has 1 rings (SSSR count). The van der Waals surface area contributed by atoms with E-state index in [1.165, 1.54) is 0 Å². The van der Waals surface area contributed by atoms with E-state index in [1.54, 1.807) is 6.92 Å². The van der Waals surface area contributed by atoms with Crippen LogP contribution < -0.4 is 5.32 Å². The van der Waals surface area contributed by atoms with E-state index in [2.05, 4.69) is 5.32 Å². The Hall–Kier alpha value is -2.30. The van der Waals surface area contributed by atoms with Gasteiger partial charge in [0.15, 0.2) is 0 Å². The van der Waals surface area contributed by atoms with Crippen LogP contribution >= 0.6 is 0 Å². The summed E-state index contributed by atoms with van der Waals surface area (Å²) in [5.41, 5.74) is 1.30. The van der Waals surface area contributed by atoms with Crippen LogP contribution in [0.5, 0.6) is 0 Å². The van der Waals surface area contributed by atoms with Crippen LogP contribution in [-0.2, 0) is 16.1 Å². The molecule has 5 heteroatoms. The summed E-state index contributed by atoms with van der Waals surface area (Å²) in [6.45, 7) is 3.57. The molecule has 0 aliphatic heterocycles. The highest BCUT2D eigenvalue weighted by atomic mass is 16.5. The fourth-order valence-corrected chi connectivity index (χ4v) is 1.38. The first kappa shape index (κ1) is 14.8. The monoisotopic (exact) mass is 263 g/mol. The van der Waals surface area contributed by atoms with E-state index in [0.717, 1.165) is 5.56 Å². The Bertz CT molecular complexity index is 479. The van der Waals surface area contributed by atoms with Gasteiger partial charge < -0.3 is 9.84 Å². The molecule has 5 nitrogen and oxygen atoms in total. The molecule has 1 aromatic rings. The number of rotatable bonds is 5. The predicted molar refractivity (Wildman–Crippen MR) is 70.4 cm³/mol. The predicted octanol–water partition coefficient (Wildman–Crippen LogP) is 2.68. The van der Waals surface area contributed by atoms with Crippen LogP contribution in [0.2, 0.25) is 0 Å². The molecule has 102 valence electrons. The number of hydrogen-bond donors (Lipinski definition) is 2. The number of alkyl carbamates (subject to hydrolysis) is 1. The number of carboxylic acids is 1. The zero-order chi connectivity index (χ0) is 14.3. The van der Waals surface area contributed by atoms with Gasteiger partial charge in [-0.25, -0.2) is 9.59 Å². The van der Waals surface area contributed by atoms with Crippen LogP contribution in [0.25, 0.3) is 0 Å². The van der Waals surface area contributed by atoms with Crippen molar-refractivity contribution in [3.05, 3.63) is 47.2 Å². The lowest BCUT2D eigenvalue weighted by Gasteiger charge is -2.09.